The van der Waals surface area contributed by atoms with Crippen molar-refractivity contribution in [1.82, 2.24) is 15.0 Å². The van der Waals surface area contributed by atoms with Crippen molar-refractivity contribution in [3.8, 4) is 0 Å². The Bertz CT molecular complexity index is 414. The first-order chi connectivity index (χ1) is 8.51. The van der Waals surface area contributed by atoms with Gasteiger partial charge in [0, 0.05) is 6.42 Å². The minimum absolute atomic E-state index is 0.0616. The first kappa shape index (κ1) is 14.1. The zero-order chi connectivity index (χ0) is 13.5. The Kier molecular flexibility index (Phi) is 5.29. The van der Waals surface area contributed by atoms with Crippen LogP contribution in [-0.2, 0) is 20.9 Å². The third kappa shape index (κ3) is 4.94. The average Bonchev–Trinajstić information content (AvgIpc) is 2.64. The summed E-state index contributed by atoms with van der Waals surface area (Å²) in [5.41, 5.74) is 0. The molecule has 1 N–H and O–H groups in total. The number of aromatic nitrogens is 3. The van der Waals surface area contributed by atoms with E-state index in [9.17, 15) is 9.59 Å². The minimum Gasteiger partial charge on any atom is -0.465 e. The van der Waals surface area contributed by atoms with Crippen LogP contribution in [0.2, 0.25) is 0 Å². The van der Waals surface area contributed by atoms with E-state index in [0.29, 0.717) is 18.8 Å². The van der Waals surface area contributed by atoms with Crippen molar-refractivity contribution in [3.63, 3.8) is 0 Å². The zero-order valence-electron chi connectivity index (χ0n) is 10.8. The highest BCUT2D eigenvalue weighted by Crippen LogP contribution is 2.04. The smallest absolute Gasteiger partial charge is 0.329 e. The number of hydrogen-bond acceptors (Lipinski definition) is 5. The van der Waals surface area contributed by atoms with Gasteiger partial charge in [0.05, 0.1) is 12.8 Å². The third-order valence-corrected chi connectivity index (χ3v) is 1.97. The van der Waals surface area contributed by atoms with Gasteiger partial charge in [-0.05, 0) is 12.8 Å². The second-order valence-corrected chi connectivity index (χ2v) is 4.21. The molecule has 0 saturated heterocycles. The highest BCUT2D eigenvalue weighted by molar-refractivity contribution is 5.89. The van der Waals surface area contributed by atoms with Gasteiger partial charge in [0.1, 0.15) is 0 Å². The van der Waals surface area contributed by atoms with E-state index >= 15 is 0 Å². The lowest BCUT2D eigenvalue weighted by atomic mass is 10.1. The van der Waals surface area contributed by atoms with E-state index in [2.05, 4.69) is 15.5 Å². The van der Waals surface area contributed by atoms with Gasteiger partial charge >= 0.3 is 5.97 Å². The molecule has 7 heteroatoms. The molecular weight excluding hydrogens is 236 g/mol. The molecule has 0 aliphatic carbocycles. The summed E-state index contributed by atoms with van der Waals surface area (Å²) in [7, 11) is 0. The fraction of sp³-hybridized carbons (Fsp3) is 0.636. The maximum atomic E-state index is 11.5. The topological polar surface area (TPSA) is 86.1 Å². The summed E-state index contributed by atoms with van der Waals surface area (Å²) in [6.45, 7) is 5.90. The van der Waals surface area contributed by atoms with E-state index in [1.165, 1.54) is 11.0 Å². The number of nitrogens with one attached hydrogen (secondary N) is 1. The van der Waals surface area contributed by atoms with Gasteiger partial charge in [-0.1, -0.05) is 13.8 Å². The van der Waals surface area contributed by atoms with E-state index < -0.39 is 5.97 Å². The van der Waals surface area contributed by atoms with Crippen molar-refractivity contribution in [1.29, 1.82) is 0 Å². The molecule has 1 amide bonds. The molecule has 1 heterocycles. The van der Waals surface area contributed by atoms with E-state index in [1.54, 1.807) is 6.92 Å². The van der Waals surface area contributed by atoms with Crippen LogP contribution in [0.4, 0.5) is 5.82 Å². The molecule has 7 nitrogen and oxygen atoms in total. The predicted molar refractivity (Wildman–Crippen MR) is 64.7 cm³/mol. The number of rotatable bonds is 6. The fourth-order valence-electron chi connectivity index (χ4n) is 1.32. The fourth-order valence-corrected chi connectivity index (χ4v) is 1.32. The maximum absolute atomic E-state index is 11.5. The first-order valence-electron chi connectivity index (χ1n) is 5.86. The Morgan fingerprint density at radius 1 is 1.50 bits per heavy atom. The minimum atomic E-state index is -0.409. The number of hydrogen-bond donors (Lipinski definition) is 1. The van der Waals surface area contributed by atoms with Gasteiger partial charge in [0.15, 0.2) is 12.4 Å². The lowest BCUT2D eigenvalue weighted by molar-refractivity contribution is -0.144. The largest absolute Gasteiger partial charge is 0.465 e. The summed E-state index contributed by atoms with van der Waals surface area (Å²) in [6.07, 6.45) is 1.82. The Labute approximate surface area is 105 Å². The number of ether oxygens (including phenoxy) is 1. The van der Waals surface area contributed by atoms with Crippen molar-refractivity contribution < 1.29 is 14.3 Å². The molecule has 0 atom stereocenters. The van der Waals surface area contributed by atoms with Gasteiger partial charge in [0.2, 0.25) is 5.91 Å². The number of nitrogens with zero attached hydrogens (tertiary/aromatic N) is 3. The van der Waals surface area contributed by atoms with Crippen molar-refractivity contribution in [2.75, 3.05) is 11.9 Å². The lowest BCUT2D eigenvalue weighted by Gasteiger charge is -2.03. The molecule has 0 saturated carbocycles. The molecule has 0 bridgehead atoms. The molecule has 0 aromatic carbocycles. The first-order valence-corrected chi connectivity index (χ1v) is 5.86. The van der Waals surface area contributed by atoms with Crippen LogP contribution in [0.3, 0.4) is 0 Å². The Morgan fingerprint density at radius 3 is 2.83 bits per heavy atom. The van der Waals surface area contributed by atoms with Crippen molar-refractivity contribution in [2.45, 2.75) is 33.7 Å². The molecule has 0 aliphatic heterocycles. The van der Waals surface area contributed by atoms with Crippen molar-refractivity contribution in [3.05, 3.63) is 6.20 Å². The van der Waals surface area contributed by atoms with Gasteiger partial charge < -0.3 is 10.1 Å². The molecule has 0 aliphatic rings. The highest BCUT2D eigenvalue weighted by Gasteiger charge is 2.10. The quantitative estimate of drug-likeness (QED) is 0.760. The molecule has 0 spiro atoms. The monoisotopic (exact) mass is 254 g/mol. The standard InChI is InChI=1S/C11H18N4O3/c1-4-18-11(17)7-15-12-6-9(14-15)13-10(16)5-8(2)3/h6,8H,4-5,7H2,1-3H3,(H,13,14,16). The summed E-state index contributed by atoms with van der Waals surface area (Å²) < 4.78 is 4.76. The van der Waals surface area contributed by atoms with Crippen LogP contribution in [0.1, 0.15) is 27.2 Å². The average molecular weight is 254 g/mol. The highest BCUT2D eigenvalue weighted by atomic mass is 16.5. The number of anilines is 1. The third-order valence-electron chi connectivity index (χ3n) is 1.97. The summed E-state index contributed by atoms with van der Waals surface area (Å²) in [5, 5.41) is 10.4. The summed E-state index contributed by atoms with van der Waals surface area (Å²) in [5.74, 6) is 0.0888. The van der Waals surface area contributed by atoms with Crippen LogP contribution in [0.15, 0.2) is 6.20 Å². The number of carbonyl (C=O) groups excluding carboxylic acids is 2. The Morgan fingerprint density at radius 2 is 2.22 bits per heavy atom. The molecular formula is C11H18N4O3. The molecule has 18 heavy (non-hydrogen) atoms. The molecule has 100 valence electrons. The van der Waals surface area contributed by atoms with Crippen LogP contribution in [0.5, 0.6) is 0 Å². The number of amides is 1. The summed E-state index contributed by atoms with van der Waals surface area (Å²) >= 11 is 0. The van der Waals surface area contributed by atoms with Crippen molar-refractivity contribution in [2.24, 2.45) is 5.92 Å². The molecule has 1 aromatic heterocycles. The molecule has 0 unspecified atom stereocenters. The van der Waals surface area contributed by atoms with E-state index in [4.69, 9.17) is 4.74 Å². The van der Waals surface area contributed by atoms with Crippen LogP contribution in [0, 0.1) is 5.92 Å². The normalized spacial score (nSPS) is 10.4. The predicted octanol–water partition coefficient (Wildman–Crippen LogP) is 0.826. The molecule has 0 radical (unpaired) electrons. The van der Waals surface area contributed by atoms with Crippen molar-refractivity contribution >= 4 is 17.7 Å². The van der Waals surface area contributed by atoms with Gasteiger partial charge in [-0.15, -0.1) is 5.10 Å². The Hall–Kier alpha value is -1.92. The second kappa shape index (κ2) is 6.73. The van der Waals surface area contributed by atoms with E-state index in [0.717, 1.165) is 0 Å². The second-order valence-electron chi connectivity index (χ2n) is 4.21. The Balaban J connectivity index is 2.48. The zero-order valence-corrected chi connectivity index (χ0v) is 10.8. The van der Waals surface area contributed by atoms with Crippen LogP contribution in [-0.4, -0.2) is 33.5 Å². The molecule has 0 fully saturated rings. The summed E-state index contributed by atoms with van der Waals surface area (Å²) in [6, 6.07) is 0. The van der Waals surface area contributed by atoms with Gasteiger partial charge in [-0.2, -0.15) is 9.90 Å². The maximum Gasteiger partial charge on any atom is 0.329 e. The van der Waals surface area contributed by atoms with Crippen LogP contribution >= 0.6 is 0 Å². The molecule has 1 rings (SSSR count). The summed E-state index contributed by atoms with van der Waals surface area (Å²) in [4.78, 5) is 23.8. The number of esters is 1. The molecule has 1 aromatic rings. The SMILES string of the molecule is CCOC(=O)Cn1ncc(NC(=O)CC(C)C)n1. The number of carbonyl (C=O) groups is 2. The van der Waals surface area contributed by atoms with Crippen LogP contribution < -0.4 is 5.32 Å². The van der Waals surface area contributed by atoms with E-state index in [1.807, 2.05) is 13.8 Å². The van der Waals surface area contributed by atoms with E-state index in [-0.39, 0.29) is 18.4 Å². The van der Waals surface area contributed by atoms with Gasteiger partial charge in [-0.3, -0.25) is 4.79 Å². The lowest BCUT2D eigenvalue weighted by Crippen LogP contribution is -2.17. The van der Waals surface area contributed by atoms with Gasteiger partial charge in [-0.25, -0.2) is 4.79 Å². The van der Waals surface area contributed by atoms with Crippen LogP contribution in [0.25, 0.3) is 0 Å². The van der Waals surface area contributed by atoms with Gasteiger partial charge in [0.25, 0.3) is 0 Å².